The summed E-state index contributed by atoms with van der Waals surface area (Å²) in [5, 5.41) is 0. The topological polar surface area (TPSA) is 26.8 Å². The molecule has 0 unspecified atom stereocenters. The number of amides is 1. The number of likely N-dealkylation sites (N-methyl/N-ethyl adjacent to an activating group) is 1. The molecule has 114 valence electrons. The summed E-state index contributed by atoms with van der Waals surface area (Å²) in [6.45, 7) is 6.33. The van der Waals surface area contributed by atoms with E-state index in [9.17, 15) is 4.79 Å². The van der Waals surface area contributed by atoms with Crippen LogP contribution in [0, 0.1) is 0 Å². The van der Waals surface area contributed by atoms with E-state index in [-0.39, 0.29) is 5.91 Å². The van der Waals surface area contributed by atoms with Gasteiger partial charge in [-0.3, -0.25) is 14.6 Å². The van der Waals surface area contributed by atoms with Crippen LogP contribution < -0.4 is 0 Å². The lowest BCUT2D eigenvalue weighted by Crippen LogP contribution is -2.44. The number of rotatable bonds is 4. The maximum absolute atomic E-state index is 11.4. The van der Waals surface area contributed by atoms with Crippen LogP contribution in [-0.4, -0.2) is 72.0 Å². The van der Waals surface area contributed by atoms with Crippen LogP contribution in [0.3, 0.4) is 0 Å². The number of carbonyl (C=O) groups is 1. The first kappa shape index (κ1) is 14.3. The van der Waals surface area contributed by atoms with Gasteiger partial charge in [0.05, 0.1) is 0 Å². The lowest BCUT2D eigenvalue weighted by atomic mass is 10.0. The molecule has 3 aliphatic heterocycles. The van der Waals surface area contributed by atoms with Gasteiger partial charge in [-0.05, 0) is 32.1 Å². The van der Waals surface area contributed by atoms with Crippen LogP contribution in [0.1, 0.15) is 45.4 Å². The van der Waals surface area contributed by atoms with Gasteiger partial charge in [0.1, 0.15) is 0 Å². The van der Waals surface area contributed by atoms with E-state index in [1.807, 2.05) is 11.9 Å². The van der Waals surface area contributed by atoms with Crippen molar-refractivity contribution in [1.82, 2.24) is 14.7 Å². The molecule has 3 heterocycles. The summed E-state index contributed by atoms with van der Waals surface area (Å²) < 4.78 is 0. The number of piperidine rings is 1. The first-order chi connectivity index (χ1) is 9.65. The number of carbonyl (C=O) groups excluding carboxylic acids is 1. The predicted molar refractivity (Wildman–Crippen MR) is 80.7 cm³/mol. The van der Waals surface area contributed by atoms with Gasteiger partial charge in [0, 0.05) is 58.3 Å². The zero-order chi connectivity index (χ0) is 14.1. The van der Waals surface area contributed by atoms with E-state index >= 15 is 0 Å². The van der Waals surface area contributed by atoms with Crippen molar-refractivity contribution in [3.05, 3.63) is 0 Å². The molecule has 3 fully saturated rings. The highest BCUT2D eigenvalue weighted by molar-refractivity contribution is 5.73. The Kier molecular flexibility index (Phi) is 4.32. The normalized spacial score (nSPS) is 34.6. The number of likely N-dealkylation sites (tertiary alicyclic amines) is 1. The third kappa shape index (κ3) is 2.86. The Morgan fingerprint density at radius 2 is 1.80 bits per heavy atom. The van der Waals surface area contributed by atoms with Gasteiger partial charge in [0.15, 0.2) is 0 Å². The zero-order valence-electron chi connectivity index (χ0n) is 13.1. The molecule has 0 aliphatic carbocycles. The molecular formula is C16H29N3O. The van der Waals surface area contributed by atoms with Crippen molar-refractivity contribution in [2.75, 3.05) is 33.2 Å². The van der Waals surface area contributed by atoms with Crippen LogP contribution in [0.5, 0.6) is 0 Å². The smallest absolute Gasteiger partial charge is 0.219 e. The van der Waals surface area contributed by atoms with Crippen molar-refractivity contribution in [3.8, 4) is 0 Å². The molecule has 20 heavy (non-hydrogen) atoms. The van der Waals surface area contributed by atoms with Crippen molar-refractivity contribution < 1.29 is 4.79 Å². The van der Waals surface area contributed by atoms with E-state index in [1.165, 1.54) is 45.2 Å². The van der Waals surface area contributed by atoms with Gasteiger partial charge in [-0.1, -0.05) is 6.42 Å². The Morgan fingerprint density at radius 3 is 2.45 bits per heavy atom. The molecule has 0 spiro atoms. The van der Waals surface area contributed by atoms with Crippen LogP contribution in [-0.2, 0) is 4.79 Å². The van der Waals surface area contributed by atoms with E-state index in [4.69, 9.17) is 0 Å². The minimum atomic E-state index is 0.200. The molecule has 3 aliphatic rings. The maximum atomic E-state index is 11.4. The zero-order valence-corrected chi connectivity index (χ0v) is 13.1. The van der Waals surface area contributed by atoms with Crippen LogP contribution >= 0.6 is 0 Å². The van der Waals surface area contributed by atoms with Gasteiger partial charge < -0.3 is 4.90 Å². The van der Waals surface area contributed by atoms with E-state index in [2.05, 4.69) is 9.80 Å². The van der Waals surface area contributed by atoms with Crippen LogP contribution in [0.2, 0.25) is 0 Å². The van der Waals surface area contributed by atoms with Gasteiger partial charge in [-0.15, -0.1) is 0 Å². The van der Waals surface area contributed by atoms with E-state index in [0.717, 1.165) is 31.6 Å². The molecule has 0 aromatic carbocycles. The van der Waals surface area contributed by atoms with Gasteiger partial charge in [-0.2, -0.15) is 0 Å². The second kappa shape index (κ2) is 6.02. The fourth-order valence-electron chi connectivity index (χ4n) is 4.43. The van der Waals surface area contributed by atoms with Crippen molar-refractivity contribution in [1.29, 1.82) is 0 Å². The first-order valence-electron chi connectivity index (χ1n) is 8.36. The Bertz CT molecular complexity index is 344. The molecule has 1 amide bonds. The standard InChI is InChI=1S/C16H29N3O/c1-13(20)17(2)16-8-9-18(12-16)10-11-19-14-4-3-5-15(19)7-6-14/h14-16H,3-12H2,1-2H3/t14-,15-,16+/m1/s1. The summed E-state index contributed by atoms with van der Waals surface area (Å²) in [6, 6.07) is 2.20. The van der Waals surface area contributed by atoms with Crippen molar-refractivity contribution in [2.24, 2.45) is 0 Å². The highest BCUT2D eigenvalue weighted by Gasteiger charge is 2.36. The van der Waals surface area contributed by atoms with Crippen molar-refractivity contribution >= 4 is 5.91 Å². The molecule has 2 bridgehead atoms. The van der Waals surface area contributed by atoms with E-state index in [0.29, 0.717) is 6.04 Å². The Morgan fingerprint density at radius 1 is 1.10 bits per heavy atom. The summed E-state index contributed by atoms with van der Waals surface area (Å²) >= 11 is 0. The first-order valence-corrected chi connectivity index (χ1v) is 8.36. The lowest BCUT2D eigenvalue weighted by Gasteiger charge is -2.35. The molecule has 0 aromatic heterocycles. The molecule has 0 aromatic rings. The van der Waals surface area contributed by atoms with Gasteiger partial charge >= 0.3 is 0 Å². The highest BCUT2D eigenvalue weighted by Crippen LogP contribution is 2.35. The minimum absolute atomic E-state index is 0.200. The minimum Gasteiger partial charge on any atom is -0.342 e. The second-order valence-corrected chi connectivity index (χ2v) is 6.93. The summed E-state index contributed by atoms with van der Waals surface area (Å²) in [6.07, 6.45) is 8.29. The van der Waals surface area contributed by atoms with E-state index in [1.54, 1.807) is 6.92 Å². The lowest BCUT2D eigenvalue weighted by molar-refractivity contribution is -0.129. The molecule has 3 atom stereocenters. The van der Waals surface area contributed by atoms with Crippen LogP contribution in [0.15, 0.2) is 0 Å². The van der Waals surface area contributed by atoms with Gasteiger partial charge in [0.25, 0.3) is 0 Å². The largest absolute Gasteiger partial charge is 0.342 e. The number of nitrogens with zero attached hydrogens (tertiary/aromatic N) is 3. The molecule has 0 saturated carbocycles. The quantitative estimate of drug-likeness (QED) is 0.781. The SMILES string of the molecule is CC(=O)N(C)[C@H]1CCN(CCN2[C@@H]3CCC[C@@H]2CC3)C1. The monoisotopic (exact) mass is 279 g/mol. The maximum Gasteiger partial charge on any atom is 0.219 e. The Labute approximate surface area is 123 Å². The average Bonchev–Trinajstić information content (AvgIpc) is 2.98. The molecule has 3 saturated heterocycles. The fourth-order valence-corrected chi connectivity index (χ4v) is 4.43. The predicted octanol–water partition coefficient (Wildman–Crippen LogP) is 1.56. The third-order valence-electron chi connectivity index (χ3n) is 5.81. The number of hydrogen-bond acceptors (Lipinski definition) is 3. The molecule has 4 heteroatoms. The molecule has 3 rings (SSSR count). The number of hydrogen-bond donors (Lipinski definition) is 0. The summed E-state index contributed by atoms with van der Waals surface area (Å²) in [5.74, 6) is 0.200. The van der Waals surface area contributed by atoms with Crippen molar-refractivity contribution in [3.63, 3.8) is 0 Å². The van der Waals surface area contributed by atoms with Gasteiger partial charge in [-0.25, -0.2) is 0 Å². The summed E-state index contributed by atoms with van der Waals surface area (Å²) in [4.78, 5) is 18.7. The number of fused-ring (bicyclic) bond motifs is 2. The Balaban J connectivity index is 1.45. The second-order valence-electron chi connectivity index (χ2n) is 6.93. The van der Waals surface area contributed by atoms with E-state index < -0.39 is 0 Å². The summed E-state index contributed by atoms with van der Waals surface area (Å²) in [7, 11) is 1.95. The molecular weight excluding hydrogens is 250 g/mol. The van der Waals surface area contributed by atoms with Crippen molar-refractivity contribution in [2.45, 2.75) is 63.6 Å². The van der Waals surface area contributed by atoms with Crippen LogP contribution in [0.25, 0.3) is 0 Å². The average molecular weight is 279 g/mol. The molecule has 0 radical (unpaired) electrons. The summed E-state index contributed by atoms with van der Waals surface area (Å²) in [5.41, 5.74) is 0. The molecule has 4 nitrogen and oxygen atoms in total. The van der Waals surface area contributed by atoms with Crippen LogP contribution in [0.4, 0.5) is 0 Å². The third-order valence-corrected chi connectivity index (χ3v) is 5.81. The van der Waals surface area contributed by atoms with Gasteiger partial charge in [0.2, 0.25) is 5.91 Å². The highest BCUT2D eigenvalue weighted by atomic mass is 16.2. The molecule has 0 N–H and O–H groups in total. The fraction of sp³-hybridized carbons (Fsp3) is 0.938. The Hall–Kier alpha value is -0.610.